The van der Waals surface area contributed by atoms with Crippen LogP contribution in [0.1, 0.15) is 15.9 Å². The van der Waals surface area contributed by atoms with Crippen LogP contribution in [-0.2, 0) is 6.54 Å². The fraction of sp³-hybridized carbons (Fsp3) is 0.263. The maximum atomic E-state index is 12.6. The zero-order chi connectivity index (χ0) is 17.2. The van der Waals surface area contributed by atoms with E-state index in [9.17, 15) is 4.79 Å². The van der Waals surface area contributed by atoms with Crippen LogP contribution in [0.4, 0.5) is 6.01 Å². The van der Waals surface area contributed by atoms with Gasteiger partial charge in [0.25, 0.3) is 11.9 Å². The van der Waals surface area contributed by atoms with Crippen LogP contribution >= 0.6 is 12.4 Å². The van der Waals surface area contributed by atoms with Crippen molar-refractivity contribution < 1.29 is 9.21 Å². The van der Waals surface area contributed by atoms with Gasteiger partial charge in [0.15, 0.2) is 5.58 Å². The topological polar surface area (TPSA) is 75.6 Å². The number of rotatable bonds is 3. The quantitative estimate of drug-likeness (QED) is 0.765. The number of nitrogens with two attached hydrogens (primary N) is 1. The molecule has 2 aromatic carbocycles. The Morgan fingerprint density at radius 1 is 1.04 bits per heavy atom. The predicted molar refractivity (Wildman–Crippen MR) is 104 cm³/mol. The molecule has 1 aliphatic heterocycles. The van der Waals surface area contributed by atoms with Gasteiger partial charge in [-0.1, -0.05) is 24.3 Å². The second kappa shape index (κ2) is 7.76. The van der Waals surface area contributed by atoms with E-state index in [2.05, 4.69) is 9.88 Å². The van der Waals surface area contributed by atoms with E-state index in [0.717, 1.165) is 16.7 Å². The van der Waals surface area contributed by atoms with E-state index in [1.165, 1.54) is 0 Å². The molecule has 136 valence electrons. The van der Waals surface area contributed by atoms with Crippen LogP contribution in [0, 0.1) is 0 Å². The van der Waals surface area contributed by atoms with Crippen molar-refractivity contribution in [1.29, 1.82) is 0 Å². The lowest BCUT2D eigenvalue weighted by Crippen LogP contribution is -2.48. The molecule has 1 amide bonds. The molecular weight excluding hydrogens is 352 g/mol. The molecule has 7 heteroatoms. The van der Waals surface area contributed by atoms with Crippen LogP contribution < -0.4 is 10.6 Å². The van der Waals surface area contributed by atoms with Crippen LogP contribution in [-0.4, -0.2) is 42.0 Å². The summed E-state index contributed by atoms with van der Waals surface area (Å²) in [4.78, 5) is 21.1. The minimum atomic E-state index is 0. The van der Waals surface area contributed by atoms with E-state index < -0.39 is 0 Å². The Balaban J connectivity index is 0.00000196. The number of aromatic nitrogens is 1. The number of hydrogen-bond donors (Lipinski definition) is 1. The van der Waals surface area contributed by atoms with E-state index in [0.29, 0.717) is 44.3 Å². The van der Waals surface area contributed by atoms with E-state index in [1.54, 1.807) is 0 Å². The summed E-state index contributed by atoms with van der Waals surface area (Å²) in [6.07, 6.45) is 0. The minimum absolute atomic E-state index is 0. The maximum absolute atomic E-state index is 12.6. The number of halogens is 1. The van der Waals surface area contributed by atoms with Crippen molar-refractivity contribution in [2.24, 2.45) is 5.73 Å². The molecule has 0 spiro atoms. The van der Waals surface area contributed by atoms with Gasteiger partial charge in [-0.2, -0.15) is 4.98 Å². The first-order chi connectivity index (χ1) is 12.2. The highest BCUT2D eigenvalue weighted by Crippen LogP contribution is 2.22. The van der Waals surface area contributed by atoms with Gasteiger partial charge < -0.3 is 20.0 Å². The Morgan fingerprint density at radius 2 is 1.73 bits per heavy atom. The number of piperazine rings is 1. The van der Waals surface area contributed by atoms with Gasteiger partial charge in [-0.05, 0) is 29.8 Å². The number of hydrogen-bond acceptors (Lipinski definition) is 5. The molecule has 3 aromatic rings. The predicted octanol–water partition coefficient (Wildman–Crippen LogP) is 2.67. The third-order valence-electron chi connectivity index (χ3n) is 4.56. The summed E-state index contributed by atoms with van der Waals surface area (Å²) in [5, 5.41) is 0. The van der Waals surface area contributed by atoms with Crippen LogP contribution in [0.2, 0.25) is 0 Å². The summed E-state index contributed by atoms with van der Waals surface area (Å²) in [7, 11) is 0. The monoisotopic (exact) mass is 372 g/mol. The lowest BCUT2D eigenvalue weighted by Gasteiger charge is -2.33. The molecule has 0 atom stereocenters. The molecule has 1 aliphatic rings. The van der Waals surface area contributed by atoms with Gasteiger partial charge in [0, 0.05) is 38.3 Å². The van der Waals surface area contributed by atoms with Crippen LogP contribution in [0.3, 0.4) is 0 Å². The molecule has 0 aliphatic carbocycles. The number of anilines is 1. The number of carbonyl (C=O) groups is 1. The molecule has 1 aromatic heterocycles. The van der Waals surface area contributed by atoms with Gasteiger partial charge in [0.1, 0.15) is 5.52 Å². The standard InChI is InChI=1S/C19H20N4O2.ClH/c20-13-14-5-7-15(8-6-14)18(24)22-9-11-23(12-10-22)19-21-16-3-1-2-4-17(16)25-19;/h1-8H,9-13,20H2;1H. The van der Waals surface area contributed by atoms with Gasteiger partial charge in [0.05, 0.1) is 0 Å². The lowest BCUT2D eigenvalue weighted by molar-refractivity contribution is 0.0745. The summed E-state index contributed by atoms with van der Waals surface area (Å²) in [5.41, 5.74) is 8.97. The number of carbonyl (C=O) groups excluding carboxylic acids is 1. The number of fused-ring (bicyclic) bond motifs is 1. The van der Waals surface area contributed by atoms with Crippen molar-refractivity contribution in [3.8, 4) is 0 Å². The zero-order valence-corrected chi connectivity index (χ0v) is 15.1. The van der Waals surface area contributed by atoms with Gasteiger partial charge in [-0.3, -0.25) is 4.79 Å². The van der Waals surface area contributed by atoms with E-state index in [4.69, 9.17) is 10.2 Å². The highest BCUT2D eigenvalue weighted by Gasteiger charge is 2.24. The minimum Gasteiger partial charge on any atom is -0.423 e. The third-order valence-corrected chi connectivity index (χ3v) is 4.56. The Labute approximate surface area is 158 Å². The lowest BCUT2D eigenvalue weighted by atomic mass is 10.1. The van der Waals surface area contributed by atoms with Crippen molar-refractivity contribution in [3.05, 3.63) is 59.7 Å². The molecule has 2 N–H and O–H groups in total. The zero-order valence-electron chi connectivity index (χ0n) is 14.3. The van der Waals surface area contributed by atoms with Gasteiger partial charge in [-0.25, -0.2) is 0 Å². The molecule has 0 bridgehead atoms. The third kappa shape index (κ3) is 3.52. The summed E-state index contributed by atoms with van der Waals surface area (Å²) < 4.78 is 5.81. The van der Waals surface area contributed by atoms with E-state index >= 15 is 0 Å². The smallest absolute Gasteiger partial charge is 0.298 e. The number of para-hydroxylation sites is 2. The number of benzene rings is 2. The summed E-state index contributed by atoms with van der Waals surface area (Å²) in [5.74, 6) is 0.0563. The fourth-order valence-corrected chi connectivity index (χ4v) is 3.06. The number of oxazole rings is 1. The first kappa shape index (κ1) is 18.2. The normalized spacial score (nSPS) is 14.3. The Hall–Kier alpha value is -2.57. The SMILES string of the molecule is Cl.NCc1ccc(C(=O)N2CCN(c3nc4ccccc4o3)CC2)cc1. The van der Waals surface area contributed by atoms with Crippen molar-refractivity contribution in [3.63, 3.8) is 0 Å². The van der Waals surface area contributed by atoms with E-state index in [-0.39, 0.29) is 18.3 Å². The molecule has 0 radical (unpaired) electrons. The second-order valence-corrected chi connectivity index (χ2v) is 6.14. The van der Waals surface area contributed by atoms with Gasteiger partial charge >= 0.3 is 0 Å². The van der Waals surface area contributed by atoms with Crippen LogP contribution in [0.15, 0.2) is 52.9 Å². The largest absolute Gasteiger partial charge is 0.423 e. The molecule has 0 unspecified atom stereocenters. The van der Waals surface area contributed by atoms with Crippen LogP contribution in [0.25, 0.3) is 11.1 Å². The molecule has 0 saturated carbocycles. The molecule has 2 heterocycles. The highest BCUT2D eigenvalue weighted by molar-refractivity contribution is 5.94. The van der Waals surface area contributed by atoms with Crippen LogP contribution in [0.5, 0.6) is 0 Å². The molecule has 26 heavy (non-hydrogen) atoms. The number of nitrogens with zero attached hydrogens (tertiary/aromatic N) is 3. The second-order valence-electron chi connectivity index (χ2n) is 6.14. The molecule has 4 rings (SSSR count). The Bertz CT molecular complexity index is 853. The maximum Gasteiger partial charge on any atom is 0.298 e. The first-order valence-corrected chi connectivity index (χ1v) is 8.43. The molecule has 6 nitrogen and oxygen atoms in total. The van der Waals surface area contributed by atoms with Crippen molar-refractivity contribution in [2.75, 3.05) is 31.1 Å². The summed E-state index contributed by atoms with van der Waals surface area (Å²) >= 11 is 0. The molecule has 1 fully saturated rings. The Morgan fingerprint density at radius 3 is 2.38 bits per heavy atom. The van der Waals surface area contributed by atoms with Crippen molar-refractivity contribution >= 4 is 35.4 Å². The number of amides is 1. The highest BCUT2D eigenvalue weighted by atomic mass is 35.5. The van der Waals surface area contributed by atoms with Crippen molar-refractivity contribution in [2.45, 2.75) is 6.54 Å². The first-order valence-electron chi connectivity index (χ1n) is 8.43. The van der Waals surface area contributed by atoms with Gasteiger partial charge in [-0.15, -0.1) is 12.4 Å². The van der Waals surface area contributed by atoms with Crippen molar-refractivity contribution in [1.82, 2.24) is 9.88 Å². The molecule has 1 saturated heterocycles. The molecular formula is C19H21ClN4O2. The summed E-state index contributed by atoms with van der Waals surface area (Å²) in [6.45, 7) is 3.20. The average Bonchev–Trinajstić information content (AvgIpc) is 3.12. The fourth-order valence-electron chi connectivity index (χ4n) is 3.06. The van der Waals surface area contributed by atoms with Gasteiger partial charge in [0.2, 0.25) is 0 Å². The summed E-state index contributed by atoms with van der Waals surface area (Å²) in [6, 6.07) is 15.9. The average molecular weight is 373 g/mol. The Kier molecular flexibility index (Phi) is 5.44. The van der Waals surface area contributed by atoms with E-state index in [1.807, 2.05) is 53.4 Å².